The van der Waals surface area contributed by atoms with Crippen molar-refractivity contribution in [2.24, 2.45) is 0 Å². The zero-order valence-electron chi connectivity index (χ0n) is 12.3. The smallest absolute Gasteiger partial charge is 0.268 e. The summed E-state index contributed by atoms with van der Waals surface area (Å²) in [7, 11) is 0. The molecule has 0 unspecified atom stereocenters. The maximum atomic E-state index is 12.7. The Bertz CT molecular complexity index is 881. The first-order valence-corrected chi connectivity index (χ1v) is 9.23. The summed E-state index contributed by atoms with van der Waals surface area (Å²) >= 11 is 16.2. The van der Waals surface area contributed by atoms with Crippen LogP contribution in [0.4, 0.5) is 10.5 Å². The Kier molecular flexibility index (Phi) is 5.06. The van der Waals surface area contributed by atoms with Crippen molar-refractivity contribution in [2.75, 3.05) is 4.90 Å². The molecule has 2 amide bonds. The summed E-state index contributed by atoms with van der Waals surface area (Å²) in [6.45, 7) is 1.83. The summed E-state index contributed by atoms with van der Waals surface area (Å²) in [4.78, 5) is 26.6. The van der Waals surface area contributed by atoms with Crippen LogP contribution >= 0.6 is 50.9 Å². The van der Waals surface area contributed by atoms with Crippen molar-refractivity contribution in [3.8, 4) is 0 Å². The number of hydrogen-bond acceptors (Lipinski definition) is 3. The molecule has 0 spiro atoms. The topological polar surface area (TPSA) is 37.4 Å². The Hall–Kier alpha value is -1.27. The highest BCUT2D eigenvalue weighted by atomic mass is 79.9. The van der Waals surface area contributed by atoms with Gasteiger partial charge in [0.25, 0.3) is 11.1 Å². The summed E-state index contributed by atoms with van der Waals surface area (Å²) in [6, 6.07) is 12.2. The minimum absolute atomic E-state index is 0.293. The van der Waals surface area contributed by atoms with E-state index in [9.17, 15) is 9.59 Å². The number of anilines is 1. The van der Waals surface area contributed by atoms with E-state index >= 15 is 0 Å². The third kappa shape index (κ3) is 3.26. The van der Waals surface area contributed by atoms with Crippen LogP contribution in [0.1, 0.15) is 12.5 Å². The molecule has 0 aromatic heterocycles. The Morgan fingerprint density at radius 3 is 2.33 bits per heavy atom. The molecule has 1 aliphatic rings. The second-order valence-corrected chi connectivity index (χ2v) is 7.76. The van der Waals surface area contributed by atoms with Gasteiger partial charge < -0.3 is 0 Å². The molecule has 0 radical (unpaired) electrons. The third-order valence-corrected chi connectivity index (χ3v) is 5.86. The maximum Gasteiger partial charge on any atom is 0.298 e. The van der Waals surface area contributed by atoms with E-state index in [4.69, 9.17) is 23.2 Å². The molecule has 24 heavy (non-hydrogen) atoms. The average molecular weight is 443 g/mol. The summed E-state index contributed by atoms with van der Waals surface area (Å²) < 4.78 is 0.947. The van der Waals surface area contributed by atoms with Gasteiger partial charge in [-0.15, -0.1) is 0 Å². The lowest BCUT2D eigenvalue weighted by Crippen LogP contribution is -2.27. The number of halogens is 3. The lowest BCUT2D eigenvalue weighted by molar-refractivity contribution is -0.113. The van der Waals surface area contributed by atoms with E-state index in [1.807, 2.05) is 31.2 Å². The van der Waals surface area contributed by atoms with Gasteiger partial charge in [-0.25, -0.2) is 4.90 Å². The van der Waals surface area contributed by atoms with Gasteiger partial charge in [0, 0.05) is 4.47 Å². The van der Waals surface area contributed by atoms with Gasteiger partial charge in [-0.05, 0) is 60.2 Å². The van der Waals surface area contributed by atoms with Gasteiger partial charge in [0.15, 0.2) is 0 Å². The first-order chi connectivity index (χ1) is 11.4. The van der Waals surface area contributed by atoms with Crippen molar-refractivity contribution in [3.05, 3.63) is 67.5 Å². The molecular weight excluding hydrogens is 433 g/mol. The van der Waals surface area contributed by atoms with E-state index in [0.29, 0.717) is 20.6 Å². The molecule has 0 atom stereocenters. The fourth-order valence-corrected chi connectivity index (χ4v) is 3.74. The van der Waals surface area contributed by atoms with Crippen molar-refractivity contribution < 1.29 is 9.59 Å². The zero-order chi connectivity index (χ0) is 17.4. The van der Waals surface area contributed by atoms with Crippen molar-refractivity contribution in [3.63, 3.8) is 0 Å². The molecule has 2 aromatic carbocycles. The second-order valence-electron chi connectivity index (χ2n) is 5.07. The lowest BCUT2D eigenvalue weighted by atomic mass is 10.1. The molecule has 0 bridgehead atoms. The number of benzene rings is 2. The summed E-state index contributed by atoms with van der Waals surface area (Å²) in [5.41, 5.74) is 2.05. The molecule has 7 heteroatoms. The molecular formula is C17H10BrCl2NO2S. The molecule has 1 saturated heterocycles. The van der Waals surface area contributed by atoms with Gasteiger partial charge in [0.05, 0.1) is 20.6 Å². The first kappa shape index (κ1) is 17.5. The predicted molar refractivity (Wildman–Crippen MR) is 104 cm³/mol. The van der Waals surface area contributed by atoms with Crippen molar-refractivity contribution in [2.45, 2.75) is 6.92 Å². The molecule has 0 N–H and O–H groups in total. The van der Waals surface area contributed by atoms with E-state index in [1.54, 1.807) is 12.1 Å². The zero-order valence-corrected chi connectivity index (χ0v) is 16.3. The van der Waals surface area contributed by atoms with E-state index in [-0.39, 0.29) is 11.1 Å². The third-order valence-electron chi connectivity index (χ3n) is 3.55. The highest BCUT2D eigenvalue weighted by Crippen LogP contribution is 2.40. The van der Waals surface area contributed by atoms with Crippen molar-refractivity contribution in [1.82, 2.24) is 0 Å². The number of rotatable bonds is 2. The van der Waals surface area contributed by atoms with Gasteiger partial charge in [0.2, 0.25) is 0 Å². The monoisotopic (exact) mass is 441 g/mol. The van der Waals surface area contributed by atoms with Gasteiger partial charge in [-0.3, -0.25) is 9.59 Å². The number of carbonyl (C=O) groups is 2. The minimum atomic E-state index is -0.358. The number of allylic oxidation sites excluding steroid dienone is 1. The fraction of sp³-hybridized carbons (Fsp3) is 0.0588. The summed E-state index contributed by atoms with van der Waals surface area (Å²) in [5, 5.41) is 0.306. The minimum Gasteiger partial charge on any atom is -0.268 e. The highest BCUT2D eigenvalue weighted by molar-refractivity contribution is 9.10. The Morgan fingerprint density at radius 2 is 1.71 bits per heavy atom. The normalized spacial score (nSPS) is 16.8. The Balaban J connectivity index is 2.00. The molecule has 122 valence electrons. The molecule has 3 nitrogen and oxygen atoms in total. The van der Waals surface area contributed by atoms with E-state index in [0.717, 1.165) is 32.3 Å². The second kappa shape index (κ2) is 6.92. The van der Waals surface area contributed by atoms with Crippen LogP contribution in [0.25, 0.3) is 5.57 Å². The quantitative estimate of drug-likeness (QED) is 0.505. The Labute approximate surface area is 161 Å². The van der Waals surface area contributed by atoms with Crippen LogP contribution in [0.5, 0.6) is 0 Å². The van der Waals surface area contributed by atoms with Crippen LogP contribution in [0.2, 0.25) is 10.0 Å². The molecule has 0 aliphatic carbocycles. The number of imide groups is 1. The van der Waals surface area contributed by atoms with Crippen LogP contribution in [0, 0.1) is 0 Å². The number of nitrogens with zero attached hydrogens (tertiary/aromatic N) is 1. The van der Waals surface area contributed by atoms with Crippen molar-refractivity contribution >= 4 is 73.3 Å². The molecule has 0 saturated carbocycles. The van der Waals surface area contributed by atoms with Crippen LogP contribution in [-0.4, -0.2) is 11.1 Å². The van der Waals surface area contributed by atoms with Crippen LogP contribution in [0.3, 0.4) is 0 Å². The Morgan fingerprint density at radius 1 is 1.04 bits per heavy atom. The van der Waals surface area contributed by atoms with Crippen LogP contribution in [-0.2, 0) is 4.79 Å². The molecule has 1 fully saturated rings. The van der Waals surface area contributed by atoms with Crippen LogP contribution < -0.4 is 4.90 Å². The van der Waals surface area contributed by atoms with Crippen LogP contribution in [0.15, 0.2) is 51.8 Å². The average Bonchev–Trinajstić information content (AvgIpc) is 2.85. The number of hydrogen-bond donors (Lipinski definition) is 0. The van der Waals surface area contributed by atoms with E-state index < -0.39 is 0 Å². The lowest BCUT2D eigenvalue weighted by Gasteiger charge is -2.13. The van der Waals surface area contributed by atoms with E-state index in [2.05, 4.69) is 15.9 Å². The number of amides is 2. The maximum absolute atomic E-state index is 12.7. The number of thioether (sulfide) groups is 1. The highest BCUT2D eigenvalue weighted by Gasteiger charge is 2.37. The largest absolute Gasteiger partial charge is 0.298 e. The fourth-order valence-electron chi connectivity index (χ4n) is 2.28. The molecule has 2 aromatic rings. The molecule has 1 heterocycles. The van der Waals surface area contributed by atoms with Gasteiger partial charge >= 0.3 is 0 Å². The first-order valence-electron chi connectivity index (χ1n) is 6.86. The summed E-state index contributed by atoms with van der Waals surface area (Å²) in [5.74, 6) is -0.358. The van der Waals surface area contributed by atoms with Gasteiger partial charge in [-0.1, -0.05) is 51.3 Å². The standard InChI is InChI=1S/C17H10BrCl2NO2S/c1-9(10-2-4-11(18)5-3-10)15-16(22)21(17(23)24-15)12-6-7-13(19)14(20)8-12/h2-8H,1H3/b15-9-. The summed E-state index contributed by atoms with van der Waals surface area (Å²) in [6.07, 6.45) is 0. The van der Waals surface area contributed by atoms with E-state index in [1.165, 1.54) is 6.07 Å². The SMILES string of the molecule is C/C(=C1/SC(=O)N(c2ccc(Cl)c(Cl)c2)C1=O)c1ccc(Br)cc1. The van der Waals surface area contributed by atoms with Gasteiger partial charge in [-0.2, -0.15) is 0 Å². The molecule has 3 rings (SSSR count). The van der Waals surface area contributed by atoms with Gasteiger partial charge in [0.1, 0.15) is 0 Å². The van der Waals surface area contributed by atoms with Crippen molar-refractivity contribution in [1.29, 1.82) is 0 Å². The molecule has 1 aliphatic heterocycles. The number of carbonyl (C=O) groups excluding carboxylic acids is 2. The predicted octanol–water partition coefficient (Wildman–Crippen LogP) is 6.39.